The van der Waals surface area contributed by atoms with Crippen LogP contribution in [0.3, 0.4) is 0 Å². The topological polar surface area (TPSA) is 159 Å². The van der Waals surface area contributed by atoms with Crippen molar-refractivity contribution < 1.29 is 42.9 Å². The number of benzene rings is 2. The predicted octanol–water partition coefficient (Wildman–Crippen LogP) is 7.70. The molecule has 1 heterocycles. The van der Waals surface area contributed by atoms with Crippen molar-refractivity contribution in [3.05, 3.63) is 66.2 Å². The van der Waals surface area contributed by atoms with Crippen molar-refractivity contribution in [3.8, 4) is 22.8 Å². The van der Waals surface area contributed by atoms with E-state index in [1.165, 1.54) is 7.11 Å². The quantitative estimate of drug-likeness (QED) is 0.129. The van der Waals surface area contributed by atoms with Crippen LogP contribution in [0.2, 0.25) is 0 Å². The molecule has 0 unspecified atom stereocenters. The van der Waals surface area contributed by atoms with Gasteiger partial charge in [0.05, 0.1) is 37.3 Å². The SMILES string of the molecule is CCC[C@H](CC(=O)[C@H]1C[C@H](Oc2cc(-c3ccccc3)nc3cc(OC)ccc23)C=C1C(=O)N[C@H](C(=O)N[C@H](C(=O)OC)C1CCCCC1)C(C)C)C(=O)OC(C)(C)C. The zero-order chi connectivity index (χ0) is 42.9. The van der Waals surface area contributed by atoms with Gasteiger partial charge in [-0.1, -0.05) is 76.8 Å². The maximum absolute atomic E-state index is 14.4. The number of amides is 2. The van der Waals surface area contributed by atoms with Gasteiger partial charge in [0.25, 0.3) is 0 Å². The minimum absolute atomic E-state index is 0.0742. The maximum atomic E-state index is 14.4. The fourth-order valence-corrected chi connectivity index (χ4v) is 8.07. The number of carbonyl (C=O) groups excluding carboxylic acids is 5. The summed E-state index contributed by atoms with van der Waals surface area (Å²) in [5, 5.41) is 6.51. The molecule has 1 saturated carbocycles. The van der Waals surface area contributed by atoms with Crippen LogP contribution in [-0.4, -0.2) is 72.5 Å². The second kappa shape index (κ2) is 20.1. The molecule has 2 aliphatic rings. The van der Waals surface area contributed by atoms with Crippen LogP contribution in [0.4, 0.5) is 0 Å². The maximum Gasteiger partial charge on any atom is 0.328 e. The Balaban J connectivity index is 1.48. The normalized spacial score (nSPS) is 18.6. The average Bonchev–Trinajstić information content (AvgIpc) is 3.65. The minimum Gasteiger partial charge on any atom is -0.497 e. The molecule has 1 aromatic heterocycles. The van der Waals surface area contributed by atoms with Gasteiger partial charge in [-0.25, -0.2) is 9.78 Å². The van der Waals surface area contributed by atoms with Crippen LogP contribution in [0.5, 0.6) is 11.5 Å². The molecule has 12 nitrogen and oxygen atoms in total. The van der Waals surface area contributed by atoms with Crippen LogP contribution in [0.25, 0.3) is 22.2 Å². The third kappa shape index (κ3) is 11.7. The van der Waals surface area contributed by atoms with Crippen molar-refractivity contribution in [1.82, 2.24) is 15.6 Å². The number of carbonyl (C=O) groups is 5. The molecule has 0 bridgehead atoms. The summed E-state index contributed by atoms with van der Waals surface area (Å²) in [6.45, 7) is 10.9. The third-order valence-corrected chi connectivity index (χ3v) is 11.1. The van der Waals surface area contributed by atoms with Gasteiger partial charge >= 0.3 is 11.9 Å². The Morgan fingerprint density at radius 1 is 0.898 bits per heavy atom. The van der Waals surface area contributed by atoms with E-state index in [0.717, 1.165) is 37.7 Å². The Hall–Kier alpha value is -5.26. The molecule has 2 N–H and O–H groups in total. The largest absolute Gasteiger partial charge is 0.497 e. The van der Waals surface area contributed by atoms with E-state index in [1.807, 2.05) is 61.5 Å². The van der Waals surface area contributed by atoms with Gasteiger partial charge in [-0.3, -0.25) is 19.2 Å². The van der Waals surface area contributed by atoms with Crippen LogP contribution in [-0.2, 0) is 33.4 Å². The van der Waals surface area contributed by atoms with E-state index in [2.05, 4.69) is 10.6 Å². The number of hydrogen-bond donors (Lipinski definition) is 2. The van der Waals surface area contributed by atoms with Crippen LogP contribution in [0, 0.1) is 23.7 Å². The molecule has 12 heteroatoms. The highest BCUT2D eigenvalue weighted by molar-refractivity contribution is 6.04. The van der Waals surface area contributed by atoms with Gasteiger partial charge in [-0.05, 0) is 70.1 Å². The van der Waals surface area contributed by atoms with E-state index in [9.17, 15) is 24.0 Å². The molecule has 0 saturated heterocycles. The fraction of sp³-hybridized carbons (Fsp3) is 0.532. The first-order valence-corrected chi connectivity index (χ1v) is 21.0. The minimum atomic E-state index is -1.03. The van der Waals surface area contributed by atoms with Crippen LogP contribution < -0.4 is 20.1 Å². The highest BCUT2D eigenvalue weighted by Crippen LogP contribution is 2.37. The molecule has 3 aromatic rings. The lowest BCUT2D eigenvalue weighted by Gasteiger charge is -2.31. The number of aromatic nitrogens is 1. The number of fused-ring (bicyclic) bond motifs is 1. The van der Waals surface area contributed by atoms with Crippen LogP contribution >= 0.6 is 0 Å². The van der Waals surface area contributed by atoms with Gasteiger partial charge in [0.1, 0.15) is 41.1 Å². The zero-order valence-electron chi connectivity index (χ0n) is 35.8. The Morgan fingerprint density at radius 2 is 1.61 bits per heavy atom. The van der Waals surface area contributed by atoms with Crippen molar-refractivity contribution in [2.24, 2.45) is 23.7 Å². The Labute approximate surface area is 348 Å². The lowest BCUT2D eigenvalue weighted by molar-refractivity contribution is -0.161. The van der Waals surface area contributed by atoms with Crippen molar-refractivity contribution in [3.63, 3.8) is 0 Å². The summed E-state index contributed by atoms with van der Waals surface area (Å²) in [5.41, 5.74) is 1.58. The number of hydrogen-bond acceptors (Lipinski definition) is 10. The third-order valence-electron chi connectivity index (χ3n) is 11.1. The Bertz CT molecular complexity index is 2000. The summed E-state index contributed by atoms with van der Waals surface area (Å²) in [7, 11) is 2.89. The van der Waals surface area contributed by atoms with Crippen LogP contribution in [0.15, 0.2) is 66.2 Å². The van der Waals surface area contributed by atoms with Crippen molar-refractivity contribution >= 4 is 40.4 Å². The lowest BCUT2D eigenvalue weighted by Crippen LogP contribution is -2.56. The summed E-state index contributed by atoms with van der Waals surface area (Å²) < 4.78 is 23.0. The van der Waals surface area contributed by atoms with Gasteiger partial charge in [0, 0.05) is 41.5 Å². The van der Waals surface area contributed by atoms with Crippen molar-refractivity contribution in [2.75, 3.05) is 14.2 Å². The monoisotopic (exact) mass is 811 g/mol. The molecule has 2 amide bonds. The number of nitrogens with zero attached hydrogens (tertiary/aromatic N) is 1. The number of pyridine rings is 1. The summed E-state index contributed by atoms with van der Waals surface area (Å²) >= 11 is 0. The number of ether oxygens (including phenoxy) is 4. The second-order valence-corrected chi connectivity index (χ2v) is 17.1. The van der Waals surface area contributed by atoms with Gasteiger partial charge in [-0.2, -0.15) is 0 Å². The summed E-state index contributed by atoms with van der Waals surface area (Å²) in [5.74, 6) is -3.36. The number of methoxy groups -OCH3 is 2. The van der Waals surface area contributed by atoms with E-state index in [-0.39, 0.29) is 36.0 Å². The van der Waals surface area contributed by atoms with E-state index in [4.69, 9.17) is 23.9 Å². The lowest BCUT2D eigenvalue weighted by atomic mass is 9.83. The van der Waals surface area contributed by atoms with E-state index < -0.39 is 59.4 Å². The number of esters is 2. The Morgan fingerprint density at radius 3 is 2.24 bits per heavy atom. The molecule has 59 heavy (non-hydrogen) atoms. The molecule has 0 spiro atoms. The van der Waals surface area contributed by atoms with Crippen LogP contribution in [0.1, 0.15) is 99.3 Å². The molecular weight excluding hydrogens is 751 g/mol. The first-order chi connectivity index (χ1) is 28.1. The summed E-state index contributed by atoms with van der Waals surface area (Å²) in [6, 6.07) is 15.1. The van der Waals surface area contributed by atoms with E-state index in [1.54, 1.807) is 47.8 Å². The van der Waals surface area contributed by atoms with Crippen molar-refractivity contribution in [2.45, 2.75) is 123 Å². The van der Waals surface area contributed by atoms with Gasteiger partial charge in [0.15, 0.2) is 0 Å². The smallest absolute Gasteiger partial charge is 0.328 e. The Kier molecular flexibility index (Phi) is 15.3. The number of ketones is 1. The standard InChI is InChI=1S/C47H61N3O9/c1-9-16-31(45(54)59-47(4,5)6)23-39(51)35-24-33(58-40-27-37(29-17-12-10-13-18-29)48-38-26-32(56-7)21-22-34(38)40)25-36(35)43(52)49-41(28(2)3)44(53)50-42(46(55)57-8)30-19-14-11-15-20-30/h10,12-13,17-18,21-22,25-28,30-31,33,35,41-42H,9,11,14-16,19-20,23-24H2,1-8H3,(H,49,52)(H,50,53)/t31-,33+,35+,41+,42+/m1/s1. The molecule has 5 rings (SSSR count). The molecule has 0 radical (unpaired) electrons. The number of rotatable bonds is 17. The molecule has 2 aliphatic carbocycles. The second-order valence-electron chi connectivity index (χ2n) is 17.1. The van der Waals surface area contributed by atoms with Gasteiger partial charge in [0.2, 0.25) is 11.8 Å². The van der Waals surface area contributed by atoms with Crippen molar-refractivity contribution in [1.29, 1.82) is 0 Å². The van der Waals surface area contributed by atoms with Gasteiger partial charge < -0.3 is 29.6 Å². The molecule has 5 atom stereocenters. The average molecular weight is 812 g/mol. The summed E-state index contributed by atoms with van der Waals surface area (Å²) in [4.78, 5) is 73.9. The van der Waals surface area contributed by atoms with E-state index >= 15 is 0 Å². The number of nitrogens with one attached hydrogen (secondary N) is 2. The summed E-state index contributed by atoms with van der Waals surface area (Å²) in [6.07, 6.45) is 6.55. The highest BCUT2D eigenvalue weighted by atomic mass is 16.6. The molecule has 318 valence electrons. The first-order valence-electron chi connectivity index (χ1n) is 21.0. The number of Topliss-reactive ketones (excluding diaryl/α,β-unsaturated/α-hetero) is 1. The molecular formula is C47H61N3O9. The van der Waals surface area contributed by atoms with Gasteiger partial charge in [-0.15, -0.1) is 0 Å². The predicted molar refractivity (Wildman–Crippen MR) is 225 cm³/mol. The zero-order valence-corrected chi connectivity index (χ0v) is 35.8. The first kappa shape index (κ1) is 44.8. The molecule has 1 fully saturated rings. The highest BCUT2D eigenvalue weighted by Gasteiger charge is 2.41. The molecule has 0 aliphatic heterocycles. The van der Waals surface area contributed by atoms with E-state index in [0.29, 0.717) is 40.9 Å². The fourth-order valence-electron chi connectivity index (χ4n) is 8.07. The molecule has 2 aromatic carbocycles.